The zero-order chi connectivity index (χ0) is 14.3. The van der Waals surface area contributed by atoms with Crippen molar-refractivity contribution in [3.63, 3.8) is 0 Å². The lowest BCUT2D eigenvalue weighted by molar-refractivity contribution is -0.0505. The van der Waals surface area contributed by atoms with Crippen molar-refractivity contribution in [2.45, 2.75) is 26.5 Å². The molecule has 0 aromatic heterocycles. The molecule has 6 heteroatoms. The quantitative estimate of drug-likeness (QED) is 0.765. The highest BCUT2D eigenvalue weighted by atomic mass is 79.9. The van der Waals surface area contributed by atoms with Crippen LogP contribution in [0.4, 0.5) is 8.78 Å². The minimum Gasteiger partial charge on any atom is -0.434 e. The van der Waals surface area contributed by atoms with E-state index in [4.69, 9.17) is 5.11 Å². The number of aliphatic hydroxyl groups excluding tert-OH is 1. The molecule has 3 nitrogen and oxygen atoms in total. The number of hydrogen-bond donors (Lipinski definition) is 2. The first-order valence-corrected chi connectivity index (χ1v) is 6.87. The van der Waals surface area contributed by atoms with E-state index in [0.29, 0.717) is 31.0 Å². The highest BCUT2D eigenvalue weighted by Crippen LogP contribution is 2.24. The minimum absolute atomic E-state index is 0.152. The van der Waals surface area contributed by atoms with Crippen LogP contribution in [0.2, 0.25) is 0 Å². The van der Waals surface area contributed by atoms with Crippen LogP contribution in [0, 0.1) is 5.92 Å². The van der Waals surface area contributed by atoms with Crippen molar-refractivity contribution in [3.8, 4) is 5.75 Å². The molecule has 2 N–H and O–H groups in total. The van der Waals surface area contributed by atoms with Gasteiger partial charge in [0, 0.05) is 23.2 Å². The SMILES string of the molecule is CC(CCO)CNCc1cc(Br)ccc1OC(F)F. The van der Waals surface area contributed by atoms with Gasteiger partial charge in [-0.3, -0.25) is 0 Å². The van der Waals surface area contributed by atoms with E-state index in [1.807, 2.05) is 6.92 Å². The molecule has 1 rings (SSSR count). The van der Waals surface area contributed by atoms with Crippen molar-refractivity contribution in [1.82, 2.24) is 5.32 Å². The molecule has 0 amide bonds. The first-order valence-electron chi connectivity index (χ1n) is 6.07. The predicted octanol–water partition coefficient (Wildman–Crippen LogP) is 3.16. The van der Waals surface area contributed by atoms with Crippen LogP contribution in [-0.2, 0) is 6.54 Å². The molecule has 1 aromatic rings. The summed E-state index contributed by atoms with van der Waals surface area (Å²) in [6, 6.07) is 4.93. The molecule has 0 aliphatic carbocycles. The molecule has 1 unspecified atom stereocenters. The third-order valence-corrected chi connectivity index (χ3v) is 3.16. The van der Waals surface area contributed by atoms with Gasteiger partial charge in [-0.2, -0.15) is 8.78 Å². The maximum absolute atomic E-state index is 12.3. The van der Waals surface area contributed by atoms with Crippen LogP contribution in [-0.4, -0.2) is 24.9 Å². The van der Waals surface area contributed by atoms with E-state index in [1.165, 1.54) is 6.07 Å². The summed E-state index contributed by atoms with van der Waals surface area (Å²) in [6.45, 7) is 0.492. The van der Waals surface area contributed by atoms with Crippen molar-refractivity contribution < 1.29 is 18.6 Å². The highest BCUT2D eigenvalue weighted by molar-refractivity contribution is 9.10. The number of nitrogens with one attached hydrogen (secondary N) is 1. The van der Waals surface area contributed by atoms with Gasteiger partial charge in [-0.15, -0.1) is 0 Å². The average molecular weight is 338 g/mol. The average Bonchev–Trinajstić information content (AvgIpc) is 2.32. The van der Waals surface area contributed by atoms with Gasteiger partial charge < -0.3 is 15.2 Å². The van der Waals surface area contributed by atoms with E-state index in [1.54, 1.807) is 12.1 Å². The fraction of sp³-hybridized carbons (Fsp3) is 0.538. The molecule has 0 aliphatic heterocycles. The smallest absolute Gasteiger partial charge is 0.387 e. The Hall–Kier alpha value is -0.720. The van der Waals surface area contributed by atoms with Crippen LogP contribution in [0.5, 0.6) is 5.75 Å². The first-order chi connectivity index (χ1) is 9.02. The number of hydrogen-bond acceptors (Lipinski definition) is 3. The van der Waals surface area contributed by atoms with Gasteiger partial charge >= 0.3 is 6.61 Å². The lowest BCUT2D eigenvalue weighted by Crippen LogP contribution is -2.22. The van der Waals surface area contributed by atoms with Crippen LogP contribution < -0.4 is 10.1 Å². The fourth-order valence-corrected chi connectivity index (χ4v) is 2.08. The van der Waals surface area contributed by atoms with Crippen LogP contribution in [0.3, 0.4) is 0 Å². The Kier molecular flexibility index (Phi) is 7.27. The summed E-state index contributed by atoms with van der Waals surface area (Å²) in [5.74, 6) is 0.511. The van der Waals surface area contributed by atoms with Gasteiger partial charge in [0.05, 0.1) is 0 Å². The Bertz CT molecular complexity index is 391. The highest BCUT2D eigenvalue weighted by Gasteiger charge is 2.10. The van der Waals surface area contributed by atoms with Gasteiger partial charge in [0.15, 0.2) is 0 Å². The zero-order valence-corrected chi connectivity index (χ0v) is 12.3. The largest absolute Gasteiger partial charge is 0.434 e. The zero-order valence-electron chi connectivity index (χ0n) is 10.7. The number of halogens is 3. The minimum atomic E-state index is -2.83. The summed E-state index contributed by atoms with van der Waals surface area (Å²) in [5, 5.41) is 12.0. The van der Waals surface area contributed by atoms with E-state index in [2.05, 4.69) is 26.0 Å². The van der Waals surface area contributed by atoms with Gasteiger partial charge in [-0.05, 0) is 37.1 Å². The summed E-state index contributed by atoms with van der Waals surface area (Å²) in [7, 11) is 0. The predicted molar refractivity (Wildman–Crippen MR) is 73.3 cm³/mol. The molecule has 1 atom stereocenters. The summed E-state index contributed by atoms with van der Waals surface area (Å²) < 4.78 is 29.8. The molecule has 0 saturated heterocycles. The van der Waals surface area contributed by atoms with Crippen LogP contribution >= 0.6 is 15.9 Å². The van der Waals surface area contributed by atoms with Crippen LogP contribution in [0.25, 0.3) is 0 Å². The maximum Gasteiger partial charge on any atom is 0.387 e. The molecule has 0 fully saturated rings. The van der Waals surface area contributed by atoms with Crippen LogP contribution in [0.1, 0.15) is 18.9 Å². The summed E-state index contributed by atoms with van der Waals surface area (Å²) in [5.41, 5.74) is 0.672. The second-order valence-electron chi connectivity index (χ2n) is 4.38. The Morgan fingerprint density at radius 3 is 2.79 bits per heavy atom. The van der Waals surface area contributed by atoms with E-state index < -0.39 is 6.61 Å². The second-order valence-corrected chi connectivity index (χ2v) is 5.29. The number of benzene rings is 1. The molecule has 0 saturated carbocycles. The van der Waals surface area contributed by atoms with Gasteiger partial charge in [0.1, 0.15) is 5.75 Å². The summed E-state index contributed by atoms with van der Waals surface area (Å²) >= 11 is 3.30. The van der Waals surface area contributed by atoms with Crippen LogP contribution in [0.15, 0.2) is 22.7 Å². The molecule has 0 spiro atoms. The molecule has 0 radical (unpaired) electrons. The molecule has 0 aliphatic rings. The topological polar surface area (TPSA) is 41.5 Å². The molecular weight excluding hydrogens is 320 g/mol. The summed E-state index contributed by atoms with van der Waals surface area (Å²) in [4.78, 5) is 0. The number of ether oxygens (including phenoxy) is 1. The van der Waals surface area contributed by atoms with Crippen molar-refractivity contribution >= 4 is 15.9 Å². The third-order valence-electron chi connectivity index (χ3n) is 2.67. The third kappa shape index (κ3) is 6.31. The molecule has 19 heavy (non-hydrogen) atoms. The number of aliphatic hydroxyl groups is 1. The van der Waals surface area contributed by atoms with Crippen molar-refractivity contribution in [1.29, 1.82) is 0 Å². The molecular formula is C13H18BrF2NO2. The maximum atomic E-state index is 12.3. The molecule has 0 bridgehead atoms. The van der Waals surface area contributed by atoms with Crippen molar-refractivity contribution in [3.05, 3.63) is 28.2 Å². The van der Waals surface area contributed by atoms with Crippen molar-refractivity contribution in [2.75, 3.05) is 13.2 Å². The molecule has 108 valence electrons. The van der Waals surface area contributed by atoms with Gasteiger partial charge in [-0.25, -0.2) is 0 Å². The van der Waals surface area contributed by atoms with E-state index in [-0.39, 0.29) is 12.4 Å². The Labute approximate surface area is 120 Å². The van der Waals surface area contributed by atoms with Gasteiger partial charge in [0.2, 0.25) is 0 Å². The monoisotopic (exact) mass is 337 g/mol. The van der Waals surface area contributed by atoms with E-state index in [0.717, 1.165) is 4.47 Å². The Balaban J connectivity index is 2.57. The lowest BCUT2D eigenvalue weighted by Gasteiger charge is -2.14. The van der Waals surface area contributed by atoms with Gasteiger partial charge in [-0.1, -0.05) is 22.9 Å². The Morgan fingerprint density at radius 1 is 1.42 bits per heavy atom. The van der Waals surface area contributed by atoms with E-state index in [9.17, 15) is 8.78 Å². The normalized spacial score (nSPS) is 12.7. The molecule has 0 heterocycles. The standard InChI is InChI=1S/C13H18BrF2NO2/c1-9(4-5-18)7-17-8-10-6-11(14)2-3-12(10)19-13(15)16/h2-3,6,9,13,17-18H,4-5,7-8H2,1H3. The fourth-order valence-electron chi connectivity index (χ4n) is 1.67. The summed E-state index contributed by atoms with van der Waals surface area (Å²) in [6.07, 6.45) is 0.714. The first kappa shape index (κ1) is 16.3. The molecule has 1 aromatic carbocycles. The lowest BCUT2D eigenvalue weighted by atomic mass is 10.1. The van der Waals surface area contributed by atoms with E-state index >= 15 is 0 Å². The van der Waals surface area contributed by atoms with Crippen molar-refractivity contribution in [2.24, 2.45) is 5.92 Å². The van der Waals surface area contributed by atoms with Gasteiger partial charge in [0.25, 0.3) is 0 Å². The second kappa shape index (κ2) is 8.45. The number of rotatable bonds is 8. The Morgan fingerprint density at radius 2 is 2.16 bits per heavy atom. The number of alkyl halides is 2.